The Bertz CT molecular complexity index is 566. The van der Waals surface area contributed by atoms with Crippen molar-refractivity contribution in [3.8, 4) is 0 Å². The molecule has 0 rings (SSSR count). The molecule has 0 aliphatic rings. The van der Waals surface area contributed by atoms with Crippen molar-refractivity contribution < 1.29 is 4.39 Å². The summed E-state index contributed by atoms with van der Waals surface area (Å²) in [5, 5.41) is 0. The summed E-state index contributed by atoms with van der Waals surface area (Å²) in [4.78, 5) is 4.05. The lowest BCUT2D eigenvalue weighted by atomic mass is 9.95. The summed E-state index contributed by atoms with van der Waals surface area (Å²) in [6, 6.07) is 0. The van der Waals surface area contributed by atoms with Gasteiger partial charge in [0.25, 0.3) is 0 Å². The molecule has 0 spiro atoms. The normalized spacial score (nSPS) is 15.2. The molecule has 0 atom stereocenters. The minimum Gasteiger partial charge on any atom is -0.400 e. The Balaban J connectivity index is 5.61. The molecule has 0 unspecified atom stereocenters. The molecular weight excluding hydrogens is 263 g/mol. The van der Waals surface area contributed by atoms with Crippen molar-refractivity contribution in [3.63, 3.8) is 0 Å². The molecule has 0 saturated heterocycles. The average molecular weight is 288 g/mol. The molecular formula is C18H25FN2. The van der Waals surface area contributed by atoms with E-state index in [0.29, 0.717) is 5.70 Å². The summed E-state index contributed by atoms with van der Waals surface area (Å²) in [7, 11) is 0. The van der Waals surface area contributed by atoms with Gasteiger partial charge < -0.3 is 5.73 Å². The molecule has 21 heavy (non-hydrogen) atoms. The molecule has 0 saturated carbocycles. The Morgan fingerprint density at radius 1 is 1.05 bits per heavy atom. The van der Waals surface area contributed by atoms with Gasteiger partial charge in [-0.2, -0.15) is 0 Å². The molecule has 0 radical (unpaired) electrons. The maximum absolute atomic E-state index is 13.4. The Morgan fingerprint density at radius 2 is 1.62 bits per heavy atom. The Labute approximate surface area is 127 Å². The van der Waals surface area contributed by atoms with Crippen LogP contribution in [0.15, 0.2) is 75.9 Å². The van der Waals surface area contributed by atoms with Gasteiger partial charge in [-0.3, -0.25) is 4.99 Å². The molecule has 0 fully saturated rings. The van der Waals surface area contributed by atoms with E-state index in [2.05, 4.69) is 18.2 Å². The molecule has 0 aliphatic heterocycles. The summed E-state index contributed by atoms with van der Waals surface area (Å²) in [5.74, 6) is -0.558. The van der Waals surface area contributed by atoms with Gasteiger partial charge in [-0.05, 0) is 40.2 Å². The van der Waals surface area contributed by atoms with Crippen LogP contribution in [0, 0.1) is 0 Å². The zero-order valence-corrected chi connectivity index (χ0v) is 13.6. The number of hydrogen-bond acceptors (Lipinski definition) is 2. The highest BCUT2D eigenvalue weighted by molar-refractivity contribution is 5.78. The quantitative estimate of drug-likeness (QED) is 0.533. The average Bonchev–Trinajstić information content (AvgIpc) is 2.43. The van der Waals surface area contributed by atoms with Gasteiger partial charge in [0.2, 0.25) is 0 Å². The lowest BCUT2D eigenvalue weighted by Gasteiger charge is -2.12. The topological polar surface area (TPSA) is 38.4 Å². The Kier molecular flexibility index (Phi) is 7.99. The predicted molar refractivity (Wildman–Crippen MR) is 91.7 cm³/mol. The second kappa shape index (κ2) is 8.90. The number of aliphatic imine (C=N–C) groups is 1. The smallest absolute Gasteiger partial charge is 0.159 e. The van der Waals surface area contributed by atoms with Gasteiger partial charge in [0, 0.05) is 11.3 Å². The monoisotopic (exact) mass is 288 g/mol. The van der Waals surface area contributed by atoms with E-state index in [4.69, 9.17) is 5.73 Å². The fraction of sp³-hybridized carbons (Fsp3) is 0.278. The van der Waals surface area contributed by atoms with E-state index in [1.54, 1.807) is 0 Å². The van der Waals surface area contributed by atoms with Crippen LogP contribution in [0.1, 0.15) is 34.6 Å². The van der Waals surface area contributed by atoms with Crippen molar-refractivity contribution in [1.82, 2.24) is 0 Å². The highest BCUT2D eigenvalue weighted by atomic mass is 19.1. The zero-order chi connectivity index (χ0) is 16.6. The molecule has 2 nitrogen and oxygen atoms in total. The fourth-order valence-corrected chi connectivity index (χ4v) is 1.53. The highest BCUT2D eigenvalue weighted by Gasteiger charge is 2.09. The van der Waals surface area contributed by atoms with Crippen LogP contribution in [0.4, 0.5) is 4.39 Å². The van der Waals surface area contributed by atoms with Crippen LogP contribution >= 0.6 is 0 Å². The second-order valence-corrected chi connectivity index (χ2v) is 4.81. The van der Waals surface area contributed by atoms with Crippen LogP contribution < -0.4 is 5.73 Å². The molecule has 0 bridgehead atoms. The van der Waals surface area contributed by atoms with E-state index < -0.39 is 5.83 Å². The van der Waals surface area contributed by atoms with Crippen LogP contribution in [0.2, 0.25) is 0 Å². The van der Waals surface area contributed by atoms with Gasteiger partial charge in [-0.15, -0.1) is 0 Å². The third-order valence-electron chi connectivity index (χ3n) is 2.89. The number of nitrogens with zero attached hydrogens (tertiary/aromatic N) is 1. The Hall–Kier alpha value is -2.16. The third kappa shape index (κ3) is 6.21. The first-order chi connectivity index (χ1) is 9.74. The number of nitrogens with two attached hydrogens (primary N) is 1. The first-order valence-corrected chi connectivity index (χ1v) is 6.76. The molecule has 0 aliphatic carbocycles. The molecule has 0 amide bonds. The molecule has 0 aromatic rings. The van der Waals surface area contributed by atoms with Gasteiger partial charge in [-0.25, -0.2) is 4.39 Å². The van der Waals surface area contributed by atoms with E-state index in [9.17, 15) is 4.39 Å². The van der Waals surface area contributed by atoms with E-state index in [0.717, 1.165) is 28.5 Å². The van der Waals surface area contributed by atoms with Gasteiger partial charge in [0.05, 0.1) is 11.9 Å². The van der Waals surface area contributed by atoms with Gasteiger partial charge in [-0.1, -0.05) is 42.5 Å². The number of halogens is 1. The number of hydrogen-bond donors (Lipinski definition) is 1. The first kappa shape index (κ1) is 18.8. The summed E-state index contributed by atoms with van der Waals surface area (Å²) in [5.41, 5.74) is 9.67. The van der Waals surface area contributed by atoms with Crippen LogP contribution in [-0.4, -0.2) is 6.21 Å². The SMILES string of the molecule is C=C(C)C(=C\C(C)=C/C)/C(=C\C)C(=C)N=C/C(F)=C(\C)N. The summed E-state index contributed by atoms with van der Waals surface area (Å²) in [6.45, 7) is 17.1. The summed E-state index contributed by atoms with van der Waals surface area (Å²) < 4.78 is 13.4. The molecule has 2 N–H and O–H groups in total. The first-order valence-electron chi connectivity index (χ1n) is 6.76. The largest absolute Gasteiger partial charge is 0.400 e. The number of allylic oxidation sites excluding steroid dienone is 8. The van der Waals surface area contributed by atoms with Crippen molar-refractivity contribution >= 4 is 6.21 Å². The zero-order valence-electron chi connectivity index (χ0n) is 13.6. The van der Waals surface area contributed by atoms with Crippen LogP contribution in [-0.2, 0) is 0 Å². The fourth-order valence-electron chi connectivity index (χ4n) is 1.53. The second-order valence-electron chi connectivity index (χ2n) is 4.81. The van der Waals surface area contributed by atoms with Crippen LogP contribution in [0.3, 0.4) is 0 Å². The number of rotatable bonds is 6. The van der Waals surface area contributed by atoms with Crippen LogP contribution in [0.5, 0.6) is 0 Å². The van der Waals surface area contributed by atoms with Crippen molar-refractivity contribution in [3.05, 3.63) is 70.9 Å². The minimum absolute atomic E-state index is 0.0917. The standard InChI is InChI=1S/C18H25FN2/c1-8-13(5)10-17(12(3)4)16(9-2)15(7)21-11-18(19)14(6)20/h8-11H,3,7,20H2,1-2,4-6H3/b13-8-,16-9-,17-10+,18-14-,21-11?. The van der Waals surface area contributed by atoms with E-state index in [1.165, 1.54) is 6.92 Å². The molecule has 0 heterocycles. The van der Waals surface area contributed by atoms with Gasteiger partial charge in [0.15, 0.2) is 5.83 Å². The lowest BCUT2D eigenvalue weighted by Crippen LogP contribution is -1.97. The van der Waals surface area contributed by atoms with E-state index >= 15 is 0 Å². The third-order valence-corrected chi connectivity index (χ3v) is 2.89. The van der Waals surface area contributed by atoms with E-state index in [-0.39, 0.29) is 5.70 Å². The maximum atomic E-state index is 13.4. The van der Waals surface area contributed by atoms with Gasteiger partial charge >= 0.3 is 0 Å². The maximum Gasteiger partial charge on any atom is 0.159 e. The van der Waals surface area contributed by atoms with Crippen molar-refractivity contribution in [1.29, 1.82) is 0 Å². The summed E-state index contributed by atoms with van der Waals surface area (Å²) >= 11 is 0. The molecule has 0 aromatic carbocycles. The lowest BCUT2D eigenvalue weighted by molar-refractivity contribution is 0.671. The Morgan fingerprint density at radius 3 is 2.00 bits per heavy atom. The summed E-state index contributed by atoms with van der Waals surface area (Å²) in [6.07, 6.45) is 6.99. The highest BCUT2D eigenvalue weighted by Crippen LogP contribution is 2.26. The predicted octanol–water partition coefficient (Wildman–Crippen LogP) is 5.15. The molecule has 114 valence electrons. The minimum atomic E-state index is -0.558. The van der Waals surface area contributed by atoms with Gasteiger partial charge in [0.1, 0.15) is 0 Å². The van der Waals surface area contributed by atoms with Crippen molar-refractivity contribution in [2.75, 3.05) is 0 Å². The molecule has 0 aromatic heterocycles. The van der Waals surface area contributed by atoms with E-state index in [1.807, 2.05) is 45.9 Å². The van der Waals surface area contributed by atoms with Crippen molar-refractivity contribution in [2.45, 2.75) is 34.6 Å². The van der Waals surface area contributed by atoms with Crippen molar-refractivity contribution in [2.24, 2.45) is 10.7 Å². The van der Waals surface area contributed by atoms with Crippen LogP contribution in [0.25, 0.3) is 0 Å². The molecule has 3 heteroatoms.